The molecular weight excluding hydrogens is 251 g/mol. The third-order valence-electron chi connectivity index (χ3n) is 1.46. The average molecular weight is 260 g/mol. The van der Waals surface area contributed by atoms with Gasteiger partial charge in [-0.15, -0.1) is 0 Å². The first-order valence-electron chi connectivity index (χ1n) is 3.24. The molecule has 0 saturated carbocycles. The van der Waals surface area contributed by atoms with Crippen molar-refractivity contribution in [2.45, 2.75) is 6.92 Å². The van der Waals surface area contributed by atoms with E-state index in [-0.39, 0.29) is 0 Å². The van der Waals surface area contributed by atoms with Gasteiger partial charge in [0.1, 0.15) is 0 Å². The van der Waals surface area contributed by atoms with Crippen molar-refractivity contribution in [3.63, 3.8) is 0 Å². The molecule has 11 heavy (non-hydrogen) atoms. The molecule has 0 aliphatic carbocycles. The van der Waals surface area contributed by atoms with Crippen LogP contribution in [0.2, 0.25) is 0 Å². The first kappa shape index (κ1) is 8.52. The van der Waals surface area contributed by atoms with Crippen LogP contribution in [0.3, 0.4) is 0 Å². The van der Waals surface area contributed by atoms with Gasteiger partial charge in [-0.1, -0.05) is 12.1 Å². The van der Waals surface area contributed by atoms with Crippen LogP contribution in [0.15, 0.2) is 29.4 Å². The molecule has 0 spiro atoms. The van der Waals surface area contributed by atoms with Crippen molar-refractivity contribution >= 4 is 28.3 Å². The van der Waals surface area contributed by atoms with Gasteiger partial charge >= 0.3 is 0 Å². The van der Waals surface area contributed by atoms with Gasteiger partial charge < -0.3 is 5.84 Å². The summed E-state index contributed by atoms with van der Waals surface area (Å²) >= 11 is 2.26. The highest BCUT2D eigenvalue weighted by atomic mass is 127. The molecule has 3 heteroatoms. The Morgan fingerprint density at radius 3 is 2.36 bits per heavy atom. The summed E-state index contributed by atoms with van der Waals surface area (Å²) in [5.41, 5.74) is 1.94. The number of halogens is 1. The molecule has 0 fully saturated rings. The van der Waals surface area contributed by atoms with Gasteiger partial charge in [-0.3, -0.25) is 0 Å². The molecule has 0 saturated heterocycles. The van der Waals surface area contributed by atoms with E-state index < -0.39 is 0 Å². The SMILES string of the molecule is C/C(=N/N)c1ccc(I)cc1. The Hall–Kier alpha value is -0.580. The number of hydrogen-bond acceptors (Lipinski definition) is 2. The van der Waals surface area contributed by atoms with Crippen LogP contribution in [-0.4, -0.2) is 5.71 Å². The molecule has 0 unspecified atom stereocenters. The first-order chi connectivity index (χ1) is 5.24. The third-order valence-corrected chi connectivity index (χ3v) is 2.17. The zero-order chi connectivity index (χ0) is 8.27. The Balaban J connectivity index is 2.99. The second-order valence-electron chi connectivity index (χ2n) is 2.22. The Bertz CT molecular complexity index is 264. The number of benzene rings is 1. The van der Waals surface area contributed by atoms with Crippen molar-refractivity contribution < 1.29 is 0 Å². The number of nitrogens with two attached hydrogens (primary N) is 1. The summed E-state index contributed by atoms with van der Waals surface area (Å²) < 4.78 is 1.22. The summed E-state index contributed by atoms with van der Waals surface area (Å²) in [6.07, 6.45) is 0. The van der Waals surface area contributed by atoms with Crippen LogP contribution >= 0.6 is 22.6 Å². The zero-order valence-electron chi connectivity index (χ0n) is 6.21. The highest BCUT2D eigenvalue weighted by Gasteiger charge is 1.94. The lowest BCUT2D eigenvalue weighted by Crippen LogP contribution is -1.97. The van der Waals surface area contributed by atoms with Gasteiger partial charge in [0.2, 0.25) is 0 Å². The fraction of sp³-hybridized carbons (Fsp3) is 0.125. The Morgan fingerprint density at radius 1 is 1.36 bits per heavy atom. The van der Waals surface area contributed by atoms with E-state index in [2.05, 4.69) is 27.7 Å². The van der Waals surface area contributed by atoms with E-state index in [1.54, 1.807) is 0 Å². The van der Waals surface area contributed by atoms with E-state index in [0.717, 1.165) is 11.3 Å². The molecule has 0 aromatic heterocycles. The normalized spacial score (nSPS) is 11.6. The maximum atomic E-state index is 5.13. The summed E-state index contributed by atoms with van der Waals surface area (Å²) in [6, 6.07) is 8.08. The molecule has 0 amide bonds. The fourth-order valence-electron chi connectivity index (χ4n) is 0.766. The molecule has 2 N–H and O–H groups in total. The van der Waals surface area contributed by atoms with Gasteiger partial charge in [-0.05, 0) is 47.2 Å². The molecule has 0 bridgehead atoms. The number of rotatable bonds is 1. The van der Waals surface area contributed by atoms with Gasteiger partial charge in [-0.25, -0.2) is 0 Å². The predicted octanol–water partition coefficient (Wildman–Crippen LogP) is 1.97. The van der Waals surface area contributed by atoms with Crippen LogP contribution in [0.25, 0.3) is 0 Å². The van der Waals surface area contributed by atoms with Gasteiger partial charge in [0.15, 0.2) is 0 Å². The van der Waals surface area contributed by atoms with Crippen molar-refractivity contribution in [1.29, 1.82) is 0 Å². The molecule has 2 nitrogen and oxygen atoms in total. The van der Waals surface area contributed by atoms with Crippen LogP contribution < -0.4 is 5.84 Å². The lowest BCUT2D eigenvalue weighted by molar-refractivity contribution is 1.24. The molecule has 0 radical (unpaired) electrons. The second kappa shape index (κ2) is 3.71. The standard InChI is InChI=1S/C8H9IN2/c1-6(11-10)7-2-4-8(9)5-3-7/h2-5H,10H2,1H3/b11-6-. The topological polar surface area (TPSA) is 38.4 Å². The van der Waals surface area contributed by atoms with Crippen LogP contribution in [-0.2, 0) is 0 Å². The summed E-state index contributed by atoms with van der Waals surface area (Å²) in [6.45, 7) is 1.89. The van der Waals surface area contributed by atoms with E-state index in [9.17, 15) is 0 Å². The smallest absolute Gasteiger partial charge is 0.0641 e. The predicted molar refractivity (Wildman–Crippen MR) is 55.6 cm³/mol. The first-order valence-corrected chi connectivity index (χ1v) is 4.32. The van der Waals surface area contributed by atoms with Crippen molar-refractivity contribution in [2.75, 3.05) is 0 Å². The van der Waals surface area contributed by atoms with Crippen molar-refractivity contribution in [1.82, 2.24) is 0 Å². The van der Waals surface area contributed by atoms with E-state index in [1.165, 1.54) is 3.57 Å². The average Bonchev–Trinajstić information content (AvgIpc) is 2.05. The molecule has 0 heterocycles. The molecule has 0 aliphatic heterocycles. The largest absolute Gasteiger partial charge is 0.323 e. The molecule has 1 rings (SSSR count). The van der Waals surface area contributed by atoms with Crippen molar-refractivity contribution in [3.8, 4) is 0 Å². The molecule has 1 aromatic rings. The van der Waals surface area contributed by atoms with E-state index >= 15 is 0 Å². The summed E-state index contributed by atoms with van der Waals surface area (Å²) in [7, 11) is 0. The molecule has 1 aromatic carbocycles. The van der Waals surface area contributed by atoms with Crippen LogP contribution in [0.1, 0.15) is 12.5 Å². The molecular formula is C8H9IN2. The van der Waals surface area contributed by atoms with Gasteiger partial charge in [0.25, 0.3) is 0 Å². The van der Waals surface area contributed by atoms with Gasteiger partial charge in [-0.2, -0.15) is 5.10 Å². The van der Waals surface area contributed by atoms with Crippen molar-refractivity contribution in [2.24, 2.45) is 10.9 Å². The second-order valence-corrected chi connectivity index (χ2v) is 3.47. The Kier molecular flexibility index (Phi) is 2.87. The monoisotopic (exact) mass is 260 g/mol. The molecule has 0 aliphatic rings. The highest BCUT2D eigenvalue weighted by molar-refractivity contribution is 14.1. The van der Waals surface area contributed by atoms with E-state index in [0.29, 0.717) is 0 Å². The van der Waals surface area contributed by atoms with Gasteiger partial charge in [0.05, 0.1) is 5.71 Å². The summed E-state index contributed by atoms with van der Waals surface area (Å²) in [5.74, 6) is 5.13. The van der Waals surface area contributed by atoms with Crippen molar-refractivity contribution in [3.05, 3.63) is 33.4 Å². The minimum absolute atomic E-state index is 0.862. The minimum atomic E-state index is 0.862. The van der Waals surface area contributed by atoms with E-state index in [4.69, 9.17) is 5.84 Å². The maximum absolute atomic E-state index is 5.13. The zero-order valence-corrected chi connectivity index (χ0v) is 8.37. The maximum Gasteiger partial charge on any atom is 0.0641 e. The van der Waals surface area contributed by atoms with E-state index in [1.807, 2.05) is 31.2 Å². The van der Waals surface area contributed by atoms with Crippen LogP contribution in [0.5, 0.6) is 0 Å². The quantitative estimate of drug-likeness (QED) is 0.356. The number of nitrogens with zero attached hydrogens (tertiary/aromatic N) is 1. The minimum Gasteiger partial charge on any atom is -0.323 e. The number of hydrazone groups is 1. The third kappa shape index (κ3) is 2.18. The van der Waals surface area contributed by atoms with Crippen LogP contribution in [0, 0.1) is 3.57 Å². The number of hydrogen-bond donors (Lipinski definition) is 1. The lowest BCUT2D eigenvalue weighted by atomic mass is 10.1. The Morgan fingerprint density at radius 2 is 1.91 bits per heavy atom. The molecule has 58 valence electrons. The molecule has 0 atom stereocenters. The summed E-state index contributed by atoms with van der Waals surface area (Å²) in [5, 5.41) is 3.60. The summed E-state index contributed by atoms with van der Waals surface area (Å²) in [4.78, 5) is 0. The highest BCUT2D eigenvalue weighted by Crippen LogP contribution is 2.07. The van der Waals surface area contributed by atoms with Gasteiger partial charge in [0, 0.05) is 3.57 Å². The fourth-order valence-corrected chi connectivity index (χ4v) is 1.13. The van der Waals surface area contributed by atoms with Crippen LogP contribution in [0.4, 0.5) is 0 Å². The lowest BCUT2D eigenvalue weighted by Gasteiger charge is -1.97. The Labute approximate surface area is 79.6 Å².